The molecule has 6 atom stereocenters. The van der Waals surface area contributed by atoms with Crippen LogP contribution in [0.15, 0.2) is 30.3 Å². The summed E-state index contributed by atoms with van der Waals surface area (Å²) in [6.07, 6.45) is -5.07. The molecule has 1 aromatic rings. The maximum Gasteiger partial charge on any atom is 0.344 e. The average molecular weight is 294 g/mol. The number of benzene rings is 1. The van der Waals surface area contributed by atoms with Gasteiger partial charge in [0.2, 0.25) is 5.60 Å². The van der Waals surface area contributed by atoms with Crippen LogP contribution in [0.1, 0.15) is 11.9 Å². The Balaban J connectivity index is 1.67. The van der Waals surface area contributed by atoms with E-state index in [2.05, 4.69) is 0 Å². The van der Waals surface area contributed by atoms with Crippen LogP contribution >= 0.6 is 0 Å². The molecule has 3 fully saturated rings. The van der Waals surface area contributed by atoms with Gasteiger partial charge >= 0.3 is 5.97 Å². The fourth-order valence-corrected chi connectivity index (χ4v) is 2.94. The minimum absolute atomic E-state index is 0.120. The Bertz CT molecular complexity index is 562. The van der Waals surface area contributed by atoms with Crippen LogP contribution in [-0.2, 0) is 23.7 Å². The molecule has 3 aliphatic heterocycles. The average Bonchev–Trinajstić information content (AvgIpc) is 2.93. The van der Waals surface area contributed by atoms with Crippen molar-refractivity contribution in [3.8, 4) is 0 Å². The quantitative estimate of drug-likeness (QED) is 0.673. The van der Waals surface area contributed by atoms with Crippen molar-refractivity contribution < 1.29 is 34.0 Å². The first-order chi connectivity index (χ1) is 10.1. The van der Waals surface area contributed by atoms with Gasteiger partial charge in [-0.3, -0.25) is 0 Å². The Morgan fingerprint density at radius 3 is 2.67 bits per heavy atom. The third-order valence-electron chi connectivity index (χ3n) is 4.10. The summed E-state index contributed by atoms with van der Waals surface area (Å²) in [4.78, 5) is 11.9. The second kappa shape index (κ2) is 4.49. The van der Waals surface area contributed by atoms with E-state index in [-0.39, 0.29) is 6.61 Å². The van der Waals surface area contributed by atoms with Gasteiger partial charge in [-0.05, 0) is 0 Å². The zero-order chi connectivity index (χ0) is 14.6. The molecule has 7 nitrogen and oxygen atoms in total. The number of hydrogen-bond donors (Lipinski definition) is 2. The van der Waals surface area contributed by atoms with Crippen molar-refractivity contribution in [1.82, 2.24) is 0 Å². The molecule has 3 heterocycles. The van der Waals surface area contributed by atoms with Crippen molar-refractivity contribution in [3.05, 3.63) is 35.9 Å². The first kappa shape index (κ1) is 13.2. The third kappa shape index (κ3) is 1.76. The number of rotatable bonds is 1. The first-order valence-electron chi connectivity index (χ1n) is 6.69. The van der Waals surface area contributed by atoms with Gasteiger partial charge in [-0.2, -0.15) is 0 Å². The van der Waals surface area contributed by atoms with Crippen LogP contribution in [-0.4, -0.2) is 53.0 Å². The smallest absolute Gasteiger partial charge is 0.344 e. The van der Waals surface area contributed by atoms with E-state index in [1.807, 2.05) is 18.2 Å². The summed E-state index contributed by atoms with van der Waals surface area (Å²) in [6.45, 7) is -0.120. The highest BCUT2D eigenvalue weighted by Crippen LogP contribution is 2.44. The molecule has 0 saturated carbocycles. The molecule has 0 radical (unpaired) electrons. The van der Waals surface area contributed by atoms with Gasteiger partial charge in [0.25, 0.3) is 0 Å². The fourth-order valence-electron chi connectivity index (χ4n) is 2.94. The number of hydrogen-bond acceptors (Lipinski definition) is 7. The molecule has 1 unspecified atom stereocenters. The second-order valence-electron chi connectivity index (χ2n) is 5.35. The summed E-state index contributed by atoms with van der Waals surface area (Å²) in [5.41, 5.74) is -1.44. The molecular weight excluding hydrogens is 280 g/mol. The Hall–Kier alpha value is -1.51. The van der Waals surface area contributed by atoms with Crippen molar-refractivity contribution in [3.63, 3.8) is 0 Å². The Labute approximate surface area is 120 Å². The Morgan fingerprint density at radius 2 is 1.90 bits per heavy atom. The molecule has 2 bridgehead atoms. The van der Waals surface area contributed by atoms with E-state index in [9.17, 15) is 15.0 Å². The number of aliphatic hydroxyl groups is 2. The summed E-state index contributed by atoms with van der Waals surface area (Å²) in [6, 6.07) is 9.09. The van der Waals surface area contributed by atoms with Crippen LogP contribution in [0.2, 0.25) is 0 Å². The van der Waals surface area contributed by atoms with E-state index >= 15 is 0 Å². The SMILES string of the molecule is O=C1OC[C@H]2O[C@@H]3OC(c4ccccc4)O[C@@H]3[C@@]1(O)[C@@H]2O. The molecular formula is C14H14O7. The van der Waals surface area contributed by atoms with E-state index in [0.29, 0.717) is 0 Å². The molecule has 3 aliphatic rings. The lowest BCUT2D eigenvalue weighted by Gasteiger charge is -2.47. The second-order valence-corrected chi connectivity index (χ2v) is 5.35. The number of esters is 1. The molecule has 0 amide bonds. The van der Waals surface area contributed by atoms with Crippen LogP contribution in [0.25, 0.3) is 0 Å². The maximum absolute atomic E-state index is 11.9. The lowest BCUT2D eigenvalue weighted by atomic mass is 9.82. The summed E-state index contributed by atoms with van der Waals surface area (Å²) in [5.74, 6) is -0.915. The summed E-state index contributed by atoms with van der Waals surface area (Å²) >= 11 is 0. The molecule has 112 valence electrons. The largest absolute Gasteiger partial charge is 0.461 e. The zero-order valence-corrected chi connectivity index (χ0v) is 10.9. The first-order valence-corrected chi connectivity index (χ1v) is 6.69. The lowest BCUT2D eigenvalue weighted by Crippen LogP contribution is -2.73. The lowest BCUT2D eigenvalue weighted by molar-refractivity contribution is -0.307. The molecule has 1 aromatic carbocycles. The van der Waals surface area contributed by atoms with Gasteiger partial charge in [0.1, 0.15) is 18.8 Å². The van der Waals surface area contributed by atoms with E-state index in [1.54, 1.807) is 12.1 Å². The van der Waals surface area contributed by atoms with Crippen molar-refractivity contribution >= 4 is 5.97 Å². The van der Waals surface area contributed by atoms with E-state index in [4.69, 9.17) is 18.9 Å². The molecule has 0 aliphatic carbocycles. The van der Waals surface area contributed by atoms with Gasteiger partial charge < -0.3 is 29.2 Å². The normalized spacial score (nSPS) is 45.0. The van der Waals surface area contributed by atoms with E-state index in [1.165, 1.54) is 0 Å². The van der Waals surface area contributed by atoms with Gasteiger partial charge in [-0.25, -0.2) is 4.79 Å². The fraction of sp³-hybridized carbons (Fsp3) is 0.500. The summed E-state index contributed by atoms with van der Waals surface area (Å²) in [7, 11) is 0. The summed E-state index contributed by atoms with van der Waals surface area (Å²) < 4.78 is 21.6. The number of carbonyl (C=O) groups excluding carboxylic acids is 1. The molecule has 0 aromatic heterocycles. The predicted molar refractivity (Wildman–Crippen MR) is 65.7 cm³/mol. The number of aliphatic hydroxyl groups excluding tert-OH is 1. The highest BCUT2D eigenvalue weighted by atomic mass is 16.8. The van der Waals surface area contributed by atoms with Gasteiger partial charge in [0.15, 0.2) is 18.7 Å². The minimum Gasteiger partial charge on any atom is -0.461 e. The molecule has 4 rings (SSSR count). The van der Waals surface area contributed by atoms with Crippen LogP contribution in [0, 0.1) is 0 Å². The van der Waals surface area contributed by atoms with Gasteiger partial charge in [0, 0.05) is 5.56 Å². The predicted octanol–water partition coefficient (Wildman–Crippen LogP) is -0.526. The van der Waals surface area contributed by atoms with Crippen molar-refractivity contribution in [1.29, 1.82) is 0 Å². The molecule has 7 heteroatoms. The molecule has 3 saturated heterocycles. The monoisotopic (exact) mass is 294 g/mol. The van der Waals surface area contributed by atoms with Crippen LogP contribution < -0.4 is 0 Å². The zero-order valence-electron chi connectivity index (χ0n) is 10.9. The molecule has 2 N–H and O–H groups in total. The topological polar surface area (TPSA) is 94.5 Å². The van der Waals surface area contributed by atoms with Crippen molar-refractivity contribution in [2.75, 3.05) is 6.61 Å². The Kier molecular flexibility index (Phi) is 2.82. The van der Waals surface area contributed by atoms with E-state index in [0.717, 1.165) is 5.56 Å². The van der Waals surface area contributed by atoms with Gasteiger partial charge in [0.05, 0.1) is 0 Å². The molecule has 21 heavy (non-hydrogen) atoms. The van der Waals surface area contributed by atoms with Crippen molar-refractivity contribution in [2.24, 2.45) is 0 Å². The molecule has 0 spiro atoms. The van der Waals surface area contributed by atoms with Gasteiger partial charge in [-0.15, -0.1) is 0 Å². The number of fused-ring (bicyclic) bond motifs is 4. The number of carbonyl (C=O) groups is 1. The highest BCUT2D eigenvalue weighted by Gasteiger charge is 2.67. The highest BCUT2D eigenvalue weighted by molar-refractivity contribution is 5.82. The van der Waals surface area contributed by atoms with Gasteiger partial charge in [-0.1, -0.05) is 30.3 Å². The number of ether oxygens (including phenoxy) is 4. The number of cyclic esters (lactones) is 1. The third-order valence-corrected chi connectivity index (χ3v) is 4.10. The van der Waals surface area contributed by atoms with Crippen LogP contribution in [0.3, 0.4) is 0 Å². The Morgan fingerprint density at radius 1 is 1.14 bits per heavy atom. The minimum atomic E-state index is -2.17. The van der Waals surface area contributed by atoms with Crippen LogP contribution in [0.4, 0.5) is 0 Å². The van der Waals surface area contributed by atoms with Crippen LogP contribution in [0.5, 0.6) is 0 Å². The summed E-state index contributed by atoms with van der Waals surface area (Å²) in [5, 5.41) is 20.7. The van der Waals surface area contributed by atoms with E-state index < -0.39 is 42.5 Å². The maximum atomic E-state index is 11.9. The standard InChI is InChI=1S/C14H14O7/c15-9-8-6-18-13(16)14(9,17)10-12(19-8)21-11(20-10)7-4-2-1-3-5-7/h1-5,8-12,15,17H,6H2/t8-,9-,10+,11?,12-,14+/m1/s1. The van der Waals surface area contributed by atoms with Crippen molar-refractivity contribution in [2.45, 2.75) is 36.5 Å².